The van der Waals surface area contributed by atoms with Crippen LogP contribution >= 0.6 is 0 Å². The van der Waals surface area contributed by atoms with Crippen molar-refractivity contribution in [2.24, 2.45) is 29.6 Å². The molecule has 3 heterocycles. The van der Waals surface area contributed by atoms with Gasteiger partial charge in [0.2, 0.25) is 6.29 Å². The summed E-state index contributed by atoms with van der Waals surface area (Å²) in [6.45, 7) is 12.8. The fourth-order valence-corrected chi connectivity index (χ4v) is 6.55. The molecule has 0 aromatic rings. The number of hydrogen-bond acceptors (Lipinski definition) is 4. The summed E-state index contributed by atoms with van der Waals surface area (Å²) in [5.41, 5.74) is 0.177. The molecule has 0 bridgehead atoms. The Hall–Kier alpha value is -0.610. The second-order valence-electron chi connectivity index (χ2n) is 10.7. The molecule has 7 atom stereocenters. The first-order chi connectivity index (χ1) is 12.8. The number of fused-ring (bicyclic) bond motifs is 3. The summed E-state index contributed by atoms with van der Waals surface area (Å²) in [4.78, 5) is 15.4. The lowest BCUT2D eigenvalue weighted by Crippen LogP contribution is -2.50. The van der Waals surface area contributed by atoms with Crippen molar-refractivity contribution in [1.82, 2.24) is 4.90 Å². The molecule has 0 unspecified atom stereocenters. The average molecular weight is 378 g/mol. The third-order valence-corrected chi connectivity index (χ3v) is 8.17. The van der Waals surface area contributed by atoms with Gasteiger partial charge in [0.05, 0.1) is 17.9 Å². The fraction of sp³-hybridized carbons (Fsp3) is 0.957. The minimum atomic E-state index is -0.335. The van der Waals surface area contributed by atoms with Crippen LogP contribution in [0.2, 0.25) is 0 Å². The minimum absolute atomic E-state index is 0.000458. The third-order valence-electron chi connectivity index (χ3n) is 8.17. The highest BCUT2D eigenvalue weighted by molar-refractivity contribution is 5.75. The van der Waals surface area contributed by atoms with Crippen LogP contribution in [0.4, 0.5) is 0 Å². The molecule has 4 heteroatoms. The van der Waals surface area contributed by atoms with E-state index in [2.05, 4.69) is 39.5 Å². The van der Waals surface area contributed by atoms with Crippen molar-refractivity contribution >= 4 is 5.97 Å². The average Bonchev–Trinajstić information content (AvgIpc) is 3.15. The van der Waals surface area contributed by atoms with E-state index in [1.54, 1.807) is 0 Å². The van der Waals surface area contributed by atoms with E-state index in [0.717, 1.165) is 25.8 Å². The number of carbonyl (C=O) groups is 1. The summed E-state index contributed by atoms with van der Waals surface area (Å²) in [5.74, 6) is 2.15. The zero-order chi connectivity index (χ0) is 19.3. The lowest BCUT2D eigenvalue weighted by Gasteiger charge is -2.42. The highest BCUT2D eigenvalue weighted by Gasteiger charge is 2.56. The maximum atomic E-state index is 12.8. The van der Waals surface area contributed by atoms with E-state index >= 15 is 0 Å². The van der Waals surface area contributed by atoms with Crippen LogP contribution in [-0.4, -0.2) is 41.4 Å². The van der Waals surface area contributed by atoms with Gasteiger partial charge in [-0.15, -0.1) is 0 Å². The van der Waals surface area contributed by atoms with E-state index < -0.39 is 0 Å². The smallest absolute Gasteiger partial charge is 0.311 e. The van der Waals surface area contributed by atoms with Gasteiger partial charge in [-0.1, -0.05) is 27.2 Å². The summed E-state index contributed by atoms with van der Waals surface area (Å²) in [6, 6.07) is 0.433. The Morgan fingerprint density at radius 1 is 1.19 bits per heavy atom. The van der Waals surface area contributed by atoms with E-state index in [1.807, 2.05) is 0 Å². The first kappa shape index (κ1) is 19.7. The highest BCUT2D eigenvalue weighted by atomic mass is 16.7. The number of rotatable bonds is 3. The Balaban J connectivity index is 1.57. The molecular weight excluding hydrogens is 338 g/mol. The molecule has 154 valence electrons. The normalized spacial score (nSPS) is 44.7. The van der Waals surface area contributed by atoms with E-state index in [1.165, 1.54) is 25.7 Å². The monoisotopic (exact) mass is 377 g/mol. The molecule has 0 radical (unpaired) electrons. The Labute approximate surface area is 165 Å². The van der Waals surface area contributed by atoms with Gasteiger partial charge < -0.3 is 9.47 Å². The number of nitrogens with zero attached hydrogens (tertiary/aromatic N) is 1. The second kappa shape index (κ2) is 7.33. The van der Waals surface area contributed by atoms with Gasteiger partial charge in [0.25, 0.3) is 0 Å². The van der Waals surface area contributed by atoms with Gasteiger partial charge in [-0.05, 0) is 76.7 Å². The SMILES string of the molecule is CC(C)[C@@H]1CC[C@@H](C)C[C@H]1O[C@@H]1OC(=O)[C@H]2CCC(C)(C)N3CCC[C@@H]3[C@@H]12. The van der Waals surface area contributed by atoms with Crippen molar-refractivity contribution in [3.63, 3.8) is 0 Å². The topological polar surface area (TPSA) is 38.8 Å². The Morgan fingerprint density at radius 2 is 1.96 bits per heavy atom. The van der Waals surface area contributed by atoms with Crippen molar-refractivity contribution < 1.29 is 14.3 Å². The molecule has 0 amide bonds. The molecule has 27 heavy (non-hydrogen) atoms. The second-order valence-corrected chi connectivity index (χ2v) is 10.7. The van der Waals surface area contributed by atoms with Crippen molar-refractivity contribution in [3.8, 4) is 0 Å². The number of cyclic esters (lactones) is 1. The number of esters is 1. The van der Waals surface area contributed by atoms with Gasteiger partial charge in [0, 0.05) is 11.6 Å². The van der Waals surface area contributed by atoms with Crippen molar-refractivity contribution in [2.75, 3.05) is 6.54 Å². The van der Waals surface area contributed by atoms with Gasteiger partial charge in [-0.3, -0.25) is 9.69 Å². The number of carbonyl (C=O) groups excluding carboxylic acids is 1. The van der Waals surface area contributed by atoms with Crippen LogP contribution in [-0.2, 0) is 14.3 Å². The Kier molecular flexibility index (Phi) is 5.35. The lowest BCUT2D eigenvalue weighted by molar-refractivity contribution is -0.201. The van der Waals surface area contributed by atoms with Gasteiger partial charge in [-0.25, -0.2) is 0 Å². The molecule has 3 saturated heterocycles. The van der Waals surface area contributed by atoms with E-state index in [4.69, 9.17) is 9.47 Å². The lowest BCUT2D eigenvalue weighted by atomic mass is 9.75. The quantitative estimate of drug-likeness (QED) is 0.673. The highest BCUT2D eigenvalue weighted by Crippen LogP contribution is 2.48. The maximum Gasteiger partial charge on any atom is 0.311 e. The van der Waals surface area contributed by atoms with Crippen molar-refractivity contribution in [2.45, 2.75) is 104 Å². The molecule has 0 N–H and O–H groups in total. The Morgan fingerprint density at radius 3 is 2.70 bits per heavy atom. The number of hydrogen-bond donors (Lipinski definition) is 0. The molecule has 0 spiro atoms. The van der Waals surface area contributed by atoms with Crippen molar-refractivity contribution in [1.29, 1.82) is 0 Å². The van der Waals surface area contributed by atoms with Gasteiger partial charge in [0.1, 0.15) is 0 Å². The summed E-state index contributed by atoms with van der Waals surface area (Å²) in [5, 5.41) is 0. The van der Waals surface area contributed by atoms with Crippen LogP contribution in [0.3, 0.4) is 0 Å². The van der Waals surface area contributed by atoms with E-state index in [9.17, 15) is 4.79 Å². The number of ether oxygens (including phenoxy) is 2. The van der Waals surface area contributed by atoms with Crippen LogP contribution < -0.4 is 0 Å². The Bertz CT molecular complexity index is 560. The minimum Gasteiger partial charge on any atom is -0.435 e. The maximum absolute atomic E-state index is 12.8. The largest absolute Gasteiger partial charge is 0.435 e. The molecule has 3 aliphatic heterocycles. The molecule has 4 nitrogen and oxygen atoms in total. The van der Waals surface area contributed by atoms with Gasteiger partial charge in [-0.2, -0.15) is 0 Å². The van der Waals surface area contributed by atoms with Crippen LogP contribution in [0.25, 0.3) is 0 Å². The third kappa shape index (κ3) is 3.57. The van der Waals surface area contributed by atoms with Crippen LogP contribution in [0, 0.1) is 29.6 Å². The predicted molar refractivity (Wildman–Crippen MR) is 106 cm³/mol. The molecular formula is C23H39NO3. The van der Waals surface area contributed by atoms with Gasteiger partial charge in [0.15, 0.2) is 0 Å². The zero-order valence-electron chi connectivity index (χ0n) is 17.9. The fourth-order valence-electron chi connectivity index (χ4n) is 6.55. The van der Waals surface area contributed by atoms with Crippen LogP contribution in [0.15, 0.2) is 0 Å². The zero-order valence-corrected chi connectivity index (χ0v) is 17.9. The molecule has 0 aromatic heterocycles. The first-order valence-electron chi connectivity index (χ1n) is 11.4. The molecule has 4 fully saturated rings. The summed E-state index contributed by atoms with van der Waals surface area (Å²) in [7, 11) is 0. The summed E-state index contributed by atoms with van der Waals surface area (Å²) in [6.07, 6.45) is 7.96. The van der Waals surface area contributed by atoms with E-state index in [0.29, 0.717) is 23.8 Å². The van der Waals surface area contributed by atoms with Crippen molar-refractivity contribution in [3.05, 3.63) is 0 Å². The first-order valence-corrected chi connectivity index (χ1v) is 11.4. The predicted octanol–water partition coefficient (Wildman–Crippen LogP) is 4.62. The molecule has 0 aromatic carbocycles. The standard InChI is InChI=1S/C23H39NO3/c1-14(2)16-9-8-15(3)13-19(16)26-22-20-17(21(25)27-22)10-11-23(4,5)24-12-6-7-18(20)24/h14-20,22H,6-13H2,1-5H3/t15-,16+,17+,18-,19-,20+,22-/m1/s1. The molecule has 4 aliphatic rings. The molecule has 1 saturated carbocycles. The van der Waals surface area contributed by atoms with Gasteiger partial charge >= 0.3 is 5.97 Å². The van der Waals surface area contributed by atoms with E-state index in [-0.39, 0.29) is 35.7 Å². The molecule has 1 aliphatic carbocycles. The summed E-state index contributed by atoms with van der Waals surface area (Å²) < 4.78 is 12.6. The molecule has 4 rings (SSSR count). The van der Waals surface area contributed by atoms with Crippen LogP contribution in [0.1, 0.15) is 79.6 Å². The summed E-state index contributed by atoms with van der Waals surface area (Å²) >= 11 is 0. The van der Waals surface area contributed by atoms with Crippen LogP contribution in [0.5, 0.6) is 0 Å².